The lowest BCUT2D eigenvalue weighted by molar-refractivity contribution is 0.322. The maximum Gasteiger partial charge on any atom is 0.231 e. The van der Waals surface area contributed by atoms with Gasteiger partial charge in [0.15, 0.2) is 0 Å². The van der Waals surface area contributed by atoms with Gasteiger partial charge in [0.05, 0.1) is 10.8 Å². The van der Waals surface area contributed by atoms with Crippen molar-refractivity contribution in [3.05, 3.63) is 21.8 Å². The Bertz CT molecular complexity index is 504. The monoisotopic (exact) mass is 313 g/mol. The van der Waals surface area contributed by atoms with Gasteiger partial charge in [-0.1, -0.05) is 5.16 Å². The second-order valence-electron chi connectivity index (χ2n) is 4.13. The van der Waals surface area contributed by atoms with Crippen molar-refractivity contribution < 1.29 is 4.52 Å². The van der Waals surface area contributed by atoms with Crippen LogP contribution in [0.2, 0.25) is 0 Å². The van der Waals surface area contributed by atoms with Gasteiger partial charge in [-0.3, -0.25) is 0 Å². The first-order valence-electron chi connectivity index (χ1n) is 5.61. The summed E-state index contributed by atoms with van der Waals surface area (Å²) in [6, 6.07) is 2.01. The largest absolute Gasteiger partial charge is 0.339 e. The van der Waals surface area contributed by atoms with Crippen LogP contribution in [0.15, 0.2) is 20.4 Å². The molecule has 4 nitrogen and oxygen atoms in total. The predicted molar refractivity (Wildman–Crippen MR) is 70.2 cm³/mol. The Labute approximate surface area is 112 Å². The van der Waals surface area contributed by atoms with Gasteiger partial charge in [0, 0.05) is 16.4 Å². The van der Waals surface area contributed by atoms with Crippen molar-refractivity contribution in [1.29, 1.82) is 0 Å². The van der Waals surface area contributed by atoms with Crippen LogP contribution in [0.1, 0.15) is 24.7 Å². The molecule has 0 saturated carbocycles. The first kappa shape index (κ1) is 11.4. The fourth-order valence-electron chi connectivity index (χ4n) is 1.99. The van der Waals surface area contributed by atoms with E-state index in [9.17, 15) is 0 Å². The molecule has 3 rings (SSSR count). The molecule has 0 spiro atoms. The summed E-state index contributed by atoms with van der Waals surface area (Å²) in [5, 5.41) is 9.43. The minimum absolute atomic E-state index is 0.369. The molecule has 0 unspecified atom stereocenters. The fraction of sp³-hybridized carbons (Fsp3) is 0.455. The van der Waals surface area contributed by atoms with E-state index < -0.39 is 0 Å². The van der Waals surface area contributed by atoms with E-state index in [2.05, 4.69) is 31.4 Å². The number of hydrogen-bond donors (Lipinski definition) is 1. The lowest BCUT2D eigenvalue weighted by Gasteiger charge is -2.18. The average molecular weight is 314 g/mol. The Balaban J connectivity index is 1.82. The van der Waals surface area contributed by atoms with Crippen molar-refractivity contribution in [2.75, 3.05) is 13.1 Å². The van der Waals surface area contributed by atoms with Crippen LogP contribution in [0, 0.1) is 0 Å². The number of piperidine rings is 1. The number of hydrogen-bond acceptors (Lipinski definition) is 5. The standard InChI is InChI=1S/C11H12BrN3OS/c12-8-4-9(17-6-8)10-14-11(16-15-10)7-2-1-3-13-5-7/h4,6-7,13H,1-3,5H2/t7-/m0/s1. The van der Waals surface area contributed by atoms with E-state index in [1.165, 1.54) is 6.42 Å². The van der Waals surface area contributed by atoms with Crippen LogP contribution >= 0.6 is 27.3 Å². The molecule has 90 valence electrons. The third-order valence-electron chi connectivity index (χ3n) is 2.88. The van der Waals surface area contributed by atoms with Crippen LogP contribution in [0.3, 0.4) is 0 Å². The van der Waals surface area contributed by atoms with Gasteiger partial charge in [0.25, 0.3) is 0 Å². The number of nitrogens with one attached hydrogen (secondary N) is 1. The molecular weight excluding hydrogens is 302 g/mol. The summed E-state index contributed by atoms with van der Waals surface area (Å²) in [7, 11) is 0. The van der Waals surface area contributed by atoms with E-state index in [0.717, 1.165) is 34.8 Å². The van der Waals surface area contributed by atoms with Crippen LogP contribution in [0.25, 0.3) is 10.7 Å². The molecule has 0 aromatic carbocycles. The molecule has 1 atom stereocenters. The molecule has 17 heavy (non-hydrogen) atoms. The summed E-state index contributed by atoms with van der Waals surface area (Å²) in [5.74, 6) is 1.83. The van der Waals surface area contributed by atoms with Gasteiger partial charge in [-0.15, -0.1) is 11.3 Å². The highest BCUT2D eigenvalue weighted by atomic mass is 79.9. The molecule has 1 fully saturated rings. The maximum atomic E-state index is 5.36. The van der Waals surface area contributed by atoms with Crippen molar-refractivity contribution in [1.82, 2.24) is 15.5 Å². The molecule has 2 aromatic heterocycles. The quantitative estimate of drug-likeness (QED) is 0.926. The first-order valence-corrected chi connectivity index (χ1v) is 7.29. The SMILES string of the molecule is Brc1csc(-c2noc([C@H]3CCCNC3)n2)c1. The first-order chi connectivity index (χ1) is 8.33. The molecule has 3 heterocycles. The van der Waals surface area contributed by atoms with E-state index in [4.69, 9.17) is 4.52 Å². The summed E-state index contributed by atoms with van der Waals surface area (Å²) in [6.07, 6.45) is 2.30. The Hall–Kier alpha value is -0.720. The molecule has 6 heteroatoms. The molecule has 0 aliphatic carbocycles. The zero-order chi connectivity index (χ0) is 11.7. The van der Waals surface area contributed by atoms with Gasteiger partial charge >= 0.3 is 0 Å². The van der Waals surface area contributed by atoms with Crippen LogP contribution in [0.5, 0.6) is 0 Å². The van der Waals surface area contributed by atoms with E-state index >= 15 is 0 Å². The molecule has 1 saturated heterocycles. The number of nitrogens with zero attached hydrogens (tertiary/aromatic N) is 2. The molecule has 0 bridgehead atoms. The Morgan fingerprint density at radius 1 is 1.53 bits per heavy atom. The summed E-state index contributed by atoms with van der Waals surface area (Å²) in [6.45, 7) is 2.03. The van der Waals surface area contributed by atoms with E-state index in [1.807, 2.05) is 11.4 Å². The average Bonchev–Trinajstić information content (AvgIpc) is 2.98. The molecular formula is C11H12BrN3OS. The zero-order valence-corrected chi connectivity index (χ0v) is 11.6. The summed E-state index contributed by atoms with van der Waals surface area (Å²) < 4.78 is 6.42. The van der Waals surface area contributed by atoms with Crippen LogP contribution in [0.4, 0.5) is 0 Å². The third kappa shape index (κ3) is 2.43. The van der Waals surface area contributed by atoms with Crippen molar-refractivity contribution in [3.8, 4) is 10.7 Å². The number of halogens is 1. The van der Waals surface area contributed by atoms with E-state index in [1.54, 1.807) is 11.3 Å². The van der Waals surface area contributed by atoms with Gasteiger partial charge in [-0.2, -0.15) is 4.98 Å². The highest BCUT2D eigenvalue weighted by Gasteiger charge is 2.21. The van der Waals surface area contributed by atoms with Gasteiger partial charge in [-0.25, -0.2) is 0 Å². The van der Waals surface area contributed by atoms with Crippen molar-refractivity contribution in [3.63, 3.8) is 0 Å². The lowest BCUT2D eigenvalue weighted by atomic mass is 10.00. The van der Waals surface area contributed by atoms with E-state index in [0.29, 0.717) is 11.7 Å². The number of aromatic nitrogens is 2. The predicted octanol–water partition coefficient (Wildman–Crippen LogP) is 3.03. The normalized spacial score (nSPS) is 20.6. The van der Waals surface area contributed by atoms with Crippen molar-refractivity contribution in [2.24, 2.45) is 0 Å². The Morgan fingerprint density at radius 3 is 3.18 bits per heavy atom. The van der Waals surface area contributed by atoms with Crippen LogP contribution in [-0.2, 0) is 0 Å². The van der Waals surface area contributed by atoms with Gasteiger partial charge in [0.1, 0.15) is 0 Å². The molecule has 2 aromatic rings. The summed E-state index contributed by atoms with van der Waals surface area (Å²) in [4.78, 5) is 5.53. The van der Waals surface area contributed by atoms with Gasteiger partial charge < -0.3 is 9.84 Å². The van der Waals surface area contributed by atoms with Gasteiger partial charge in [-0.05, 0) is 41.4 Å². The number of rotatable bonds is 2. The summed E-state index contributed by atoms with van der Waals surface area (Å²) >= 11 is 5.04. The minimum atomic E-state index is 0.369. The Kier molecular flexibility index (Phi) is 3.26. The van der Waals surface area contributed by atoms with Gasteiger partial charge in [0.2, 0.25) is 11.7 Å². The minimum Gasteiger partial charge on any atom is -0.339 e. The second-order valence-corrected chi connectivity index (χ2v) is 5.96. The third-order valence-corrected chi connectivity index (χ3v) is 4.56. The van der Waals surface area contributed by atoms with E-state index in [-0.39, 0.29) is 0 Å². The smallest absolute Gasteiger partial charge is 0.231 e. The zero-order valence-electron chi connectivity index (χ0n) is 9.15. The number of thiophene rings is 1. The molecule has 0 radical (unpaired) electrons. The molecule has 0 amide bonds. The van der Waals surface area contributed by atoms with Crippen molar-refractivity contribution >= 4 is 27.3 Å². The van der Waals surface area contributed by atoms with Crippen LogP contribution in [-0.4, -0.2) is 23.2 Å². The fourth-order valence-corrected chi connectivity index (χ4v) is 3.35. The second kappa shape index (κ2) is 4.88. The maximum absolute atomic E-state index is 5.36. The highest BCUT2D eigenvalue weighted by Crippen LogP contribution is 2.29. The van der Waals surface area contributed by atoms with Crippen molar-refractivity contribution in [2.45, 2.75) is 18.8 Å². The molecule has 1 N–H and O–H groups in total. The lowest BCUT2D eigenvalue weighted by Crippen LogP contribution is -2.28. The highest BCUT2D eigenvalue weighted by molar-refractivity contribution is 9.10. The van der Waals surface area contributed by atoms with Crippen LogP contribution < -0.4 is 5.32 Å². The summed E-state index contributed by atoms with van der Waals surface area (Å²) in [5.41, 5.74) is 0. The molecule has 1 aliphatic rings. The topological polar surface area (TPSA) is 51.0 Å². The molecule has 1 aliphatic heterocycles. The Morgan fingerprint density at radius 2 is 2.47 bits per heavy atom.